The Kier molecular flexibility index (Phi) is 12.0. The zero-order valence-electron chi connectivity index (χ0n) is 34.5. The summed E-state index contributed by atoms with van der Waals surface area (Å²) in [7, 11) is -4.04. The Balaban J connectivity index is 1.20. The van der Waals surface area contributed by atoms with Gasteiger partial charge in [-0.25, -0.2) is 0 Å². The van der Waals surface area contributed by atoms with Crippen LogP contribution in [0.3, 0.4) is 0 Å². The van der Waals surface area contributed by atoms with E-state index in [-0.39, 0.29) is 41.4 Å². The van der Waals surface area contributed by atoms with Crippen molar-refractivity contribution in [3.8, 4) is 5.75 Å². The van der Waals surface area contributed by atoms with E-state index in [1.807, 2.05) is 60.0 Å². The zero-order chi connectivity index (χ0) is 41.3. The van der Waals surface area contributed by atoms with Crippen LogP contribution in [0.5, 0.6) is 5.75 Å². The molecule has 4 atom stereocenters. The monoisotopic (exact) mass is 823 g/mol. The Morgan fingerprint density at radius 2 is 1.56 bits per heavy atom. The van der Waals surface area contributed by atoms with Crippen LogP contribution >= 0.6 is 11.3 Å². The molecule has 0 unspecified atom stereocenters. The number of benzene rings is 4. The van der Waals surface area contributed by atoms with Gasteiger partial charge in [0.05, 0.1) is 31.1 Å². The quantitative estimate of drug-likeness (QED) is 0.0699. The third kappa shape index (κ3) is 7.94. The maximum atomic E-state index is 14.5. The minimum absolute atomic E-state index is 0.137. The molecule has 304 valence electrons. The van der Waals surface area contributed by atoms with Crippen LogP contribution in [0, 0.1) is 17.8 Å². The highest BCUT2D eigenvalue weighted by Gasteiger charge is 2.58. The van der Waals surface area contributed by atoms with Crippen molar-refractivity contribution >= 4 is 65.8 Å². The fraction of sp³-hybridized carbons (Fsp3) is 0.347. The third-order valence-electron chi connectivity index (χ3n) is 12.8. The van der Waals surface area contributed by atoms with Gasteiger partial charge in [0.25, 0.3) is 8.32 Å². The summed E-state index contributed by atoms with van der Waals surface area (Å²) >= 11 is 1.55. The minimum atomic E-state index is -2.98. The molecule has 0 spiro atoms. The molecule has 4 aromatic carbocycles. The van der Waals surface area contributed by atoms with Gasteiger partial charge in [0, 0.05) is 10.3 Å². The van der Waals surface area contributed by atoms with E-state index in [0.717, 1.165) is 45.2 Å². The van der Waals surface area contributed by atoms with Crippen molar-refractivity contribution < 1.29 is 28.8 Å². The summed E-state index contributed by atoms with van der Waals surface area (Å²) in [6.07, 6.45) is 5.59. The van der Waals surface area contributed by atoms with Crippen molar-refractivity contribution in [2.45, 2.75) is 83.8 Å². The van der Waals surface area contributed by atoms with Crippen LogP contribution in [0.2, 0.25) is 11.4 Å². The summed E-state index contributed by atoms with van der Waals surface area (Å²) in [5.41, 5.74) is 4.34. The molecule has 7 nitrogen and oxygen atoms in total. The SMILES string of the molecule is CCC/C(=C\c1ccc(O)c2ccccc12)CC[C@H]1OB(O)C[C@H]2C1=C(CO[Si](c1ccccc1)(c1ccccc1)C(C)(C)C)C[C@H]1C(=O)N(Cc3cccs3)C(=O)[C@H]12. The van der Waals surface area contributed by atoms with Crippen molar-refractivity contribution in [3.05, 3.63) is 142 Å². The van der Waals surface area contributed by atoms with Crippen molar-refractivity contribution in [2.75, 3.05) is 6.61 Å². The molecule has 2 aliphatic heterocycles. The van der Waals surface area contributed by atoms with E-state index >= 15 is 0 Å². The van der Waals surface area contributed by atoms with Crippen LogP contribution in [0.1, 0.15) is 70.2 Å². The van der Waals surface area contributed by atoms with Gasteiger partial charge in [-0.15, -0.1) is 11.3 Å². The second kappa shape index (κ2) is 17.2. The predicted octanol–water partition coefficient (Wildman–Crippen LogP) is 9.14. The summed E-state index contributed by atoms with van der Waals surface area (Å²) in [6, 6.07) is 36.7. The molecule has 3 heterocycles. The molecule has 1 aromatic heterocycles. The fourth-order valence-electron chi connectivity index (χ4n) is 10.2. The fourth-order valence-corrected chi connectivity index (χ4v) is 15.4. The van der Waals surface area contributed by atoms with Crippen LogP contribution in [0.15, 0.2) is 131 Å². The molecule has 2 saturated heterocycles. The summed E-state index contributed by atoms with van der Waals surface area (Å²) < 4.78 is 14.1. The van der Waals surface area contributed by atoms with E-state index < -0.39 is 33.4 Å². The molecule has 3 aliphatic rings. The maximum Gasteiger partial charge on any atom is 0.455 e. The second-order valence-electron chi connectivity index (χ2n) is 17.4. The molecule has 0 saturated carbocycles. The number of hydrogen-bond donors (Lipinski definition) is 2. The molecule has 2 amide bonds. The van der Waals surface area contributed by atoms with Gasteiger partial charge in [-0.05, 0) is 92.9 Å². The standard InChI is InChI=1S/C49H54BNO6SSi/c1-5-15-33(28-34-24-25-43(52)40-22-13-12-21-39(34)40)23-26-44-45-35(32-56-59(49(2,3)4,37-17-8-6-9-18-37)38-19-10-7-11-20-38)29-41-46(42(45)30-50(55)57-44)48(54)51(47(41)53)31-36-16-14-27-58-36/h6-14,16-22,24-25,27-28,41-42,44,46,52,55H,5,15,23,26,29-32H2,1-4H3/b33-28+/t41-,42+,44-,46-/m1/s1. The average Bonchev–Trinajstić information content (AvgIpc) is 3.84. The Hall–Kier alpha value is -4.58. The summed E-state index contributed by atoms with van der Waals surface area (Å²) in [5, 5.41) is 27.9. The Bertz CT molecular complexity index is 2320. The van der Waals surface area contributed by atoms with Gasteiger partial charge in [-0.3, -0.25) is 14.5 Å². The van der Waals surface area contributed by atoms with Crippen LogP contribution in [0.25, 0.3) is 16.8 Å². The lowest BCUT2D eigenvalue weighted by Gasteiger charge is -2.46. The first-order valence-corrected chi connectivity index (χ1v) is 23.9. The van der Waals surface area contributed by atoms with Crippen LogP contribution < -0.4 is 10.4 Å². The molecule has 59 heavy (non-hydrogen) atoms. The van der Waals surface area contributed by atoms with Gasteiger partial charge >= 0.3 is 7.12 Å². The smallest absolute Gasteiger partial charge is 0.455 e. The van der Waals surface area contributed by atoms with Crippen LogP contribution in [-0.4, -0.2) is 55.0 Å². The van der Waals surface area contributed by atoms with E-state index in [1.54, 1.807) is 17.4 Å². The lowest BCUT2D eigenvalue weighted by atomic mass is 9.58. The highest BCUT2D eigenvalue weighted by atomic mass is 32.1. The maximum absolute atomic E-state index is 14.5. The first kappa shape index (κ1) is 41.2. The second-order valence-corrected chi connectivity index (χ2v) is 22.8. The van der Waals surface area contributed by atoms with Crippen molar-refractivity contribution in [2.24, 2.45) is 17.8 Å². The van der Waals surface area contributed by atoms with Crippen molar-refractivity contribution in [3.63, 3.8) is 0 Å². The molecule has 1 aliphatic carbocycles. The van der Waals surface area contributed by atoms with Gasteiger partial charge in [-0.1, -0.05) is 143 Å². The Morgan fingerprint density at radius 3 is 2.20 bits per heavy atom. The van der Waals surface area contributed by atoms with Gasteiger partial charge in [0.15, 0.2) is 0 Å². The normalized spacial score (nSPS) is 21.3. The number of thiophene rings is 1. The first-order chi connectivity index (χ1) is 28.5. The number of carbonyl (C=O) groups is 2. The van der Waals surface area contributed by atoms with E-state index in [9.17, 15) is 19.7 Å². The molecule has 2 fully saturated rings. The van der Waals surface area contributed by atoms with Gasteiger partial charge < -0.3 is 19.2 Å². The zero-order valence-corrected chi connectivity index (χ0v) is 36.3. The number of nitrogens with zero attached hydrogens (tertiary/aromatic N) is 1. The van der Waals surface area contributed by atoms with E-state index in [2.05, 4.69) is 82.3 Å². The number of likely N-dealkylation sites (tertiary alicyclic amines) is 1. The lowest BCUT2D eigenvalue weighted by Crippen LogP contribution is -2.66. The number of phenols is 1. The van der Waals surface area contributed by atoms with Crippen molar-refractivity contribution in [1.29, 1.82) is 0 Å². The van der Waals surface area contributed by atoms with Crippen LogP contribution in [0.4, 0.5) is 0 Å². The molecule has 10 heteroatoms. The number of hydrogen-bond acceptors (Lipinski definition) is 7. The Morgan fingerprint density at radius 1 is 0.881 bits per heavy atom. The molecular formula is C49H54BNO6SSi. The number of allylic oxidation sites excluding steroid dienone is 1. The first-order valence-electron chi connectivity index (χ1n) is 21.1. The van der Waals surface area contributed by atoms with E-state index in [4.69, 9.17) is 9.08 Å². The van der Waals surface area contributed by atoms with Gasteiger partial charge in [0.1, 0.15) is 5.75 Å². The number of aromatic hydroxyl groups is 1. The predicted molar refractivity (Wildman–Crippen MR) is 241 cm³/mol. The number of fused-ring (bicyclic) bond motifs is 4. The third-order valence-corrected chi connectivity index (χ3v) is 18.6. The molecule has 2 N–H and O–H groups in total. The van der Waals surface area contributed by atoms with Crippen molar-refractivity contribution in [1.82, 2.24) is 4.90 Å². The molecular weight excluding hydrogens is 770 g/mol. The average molecular weight is 824 g/mol. The number of carbonyl (C=O) groups excluding carboxylic acids is 2. The molecule has 5 aromatic rings. The Labute approximate surface area is 353 Å². The lowest BCUT2D eigenvalue weighted by molar-refractivity contribution is -0.140. The number of rotatable bonds is 13. The molecule has 0 radical (unpaired) electrons. The summed E-state index contributed by atoms with van der Waals surface area (Å²) in [4.78, 5) is 31.3. The summed E-state index contributed by atoms with van der Waals surface area (Å²) in [5.74, 6) is -1.48. The van der Waals surface area contributed by atoms with Gasteiger partial charge in [0.2, 0.25) is 11.8 Å². The van der Waals surface area contributed by atoms with E-state index in [1.165, 1.54) is 20.8 Å². The molecule has 0 bridgehead atoms. The summed E-state index contributed by atoms with van der Waals surface area (Å²) in [6.45, 7) is 9.52. The van der Waals surface area contributed by atoms with Gasteiger partial charge in [-0.2, -0.15) is 0 Å². The van der Waals surface area contributed by atoms with E-state index in [0.29, 0.717) is 25.9 Å². The molecule has 8 rings (SSSR count). The largest absolute Gasteiger partial charge is 0.507 e. The number of phenolic OH excluding ortho intramolecular Hbond substituents is 1. The highest BCUT2D eigenvalue weighted by molar-refractivity contribution is 7.09. The van der Waals surface area contributed by atoms with Crippen LogP contribution in [-0.2, 0) is 25.2 Å². The topological polar surface area (TPSA) is 96.3 Å². The minimum Gasteiger partial charge on any atom is -0.507 e. The highest BCUT2D eigenvalue weighted by Crippen LogP contribution is 2.51. The number of imide groups is 1. The number of amides is 2.